The van der Waals surface area contributed by atoms with E-state index < -0.39 is 0 Å². The number of H-pyrrole nitrogens is 1. The van der Waals surface area contributed by atoms with E-state index in [1.165, 1.54) is 23.9 Å². The third-order valence-electron chi connectivity index (χ3n) is 4.07. The van der Waals surface area contributed by atoms with E-state index in [4.69, 9.17) is 0 Å². The van der Waals surface area contributed by atoms with Crippen LogP contribution in [0.15, 0.2) is 29.1 Å². The number of carbonyl (C=O) groups excluding carboxylic acids is 1. The molecular formula is C16H18FN3O2S. The third-order valence-corrected chi connectivity index (χ3v) is 5.34. The van der Waals surface area contributed by atoms with Crippen molar-refractivity contribution in [1.29, 1.82) is 0 Å². The van der Waals surface area contributed by atoms with Crippen LogP contribution in [0.2, 0.25) is 0 Å². The maximum Gasteiger partial charge on any atom is 0.270 e. The number of carbonyl (C=O) groups is 1. The Morgan fingerprint density at radius 3 is 2.70 bits per heavy atom. The van der Waals surface area contributed by atoms with E-state index in [9.17, 15) is 14.0 Å². The largest absolute Gasteiger partial charge is 0.310 e. The Kier molecular flexibility index (Phi) is 4.30. The molecule has 0 radical (unpaired) electrons. The predicted octanol–water partition coefficient (Wildman–Crippen LogP) is 3.06. The van der Waals surface area contributed by atoms with Crippen LogP contribution < -0.4 is 10.9 Å². The number of hydrogen-bond acceptors (Lipinski definition) is 3. The number of aromatic nitrogens is 2. The Morgan fingerprint density at radius 1 is 1.35 bits per heavy atom. The standard InChI is InChI=1S/C16H18FN3O2S/c1-3-9(2)20-15-13(16(22)19-20)14(23-8-12(21)18-15)10-4-6-11(17)7-5-10/h4-7,9,14H,3,8H2,1-2H3,(H,18,21)(H,19,22)/t9-,14+/m1/s1. The van der Waals surface area contributed by atoms with Crippen molar-refractivity contribution in [2.24, 2.45) is 0 Å². The second-order valence-electron chi connectivity index (χ2n) is 5.62. The van der Waals surface area contributed by atoms with Crippen LogP contribution in [0.3, 0.4) is 0 Å². The molecule has 23 heavy (non-hydrogen) atoms. The van der Waals surface area contributed by atoms with Crippen LogP contribution in [-0.4, -0.2) is 21.4 Å². The Morgan fingerprint density at radius 2 is 2.04 bits per heavy atom. The molecule has 2 atom stereocenters. The number of thioether (sulfide) groups is 1. The minimum Gasteiger partial charge on any atom is -0.310 e. The summed E-state index contributed by atoms with van der Waals surface area (Å²) in [5, 5.41) is 5.35. The number of anilines is 1. The molecule has 2 N–H and O–H groups in total. The molecule has 0 bridgehead atoms. The van der Waals surface area contributed by atoms with Crippen molar-refractivity contribution in [3.63, 3.8) is 0 Å². The van der Waals surface area contributed by atoms with Crippen LogP contribution in [0.4, 0.5) is 10.2 Å². The number of hydrogen-bond donors (Lipinski definition) is 2. The average Bonchev–Trinajstić information content (AvgIpc) is 2.74. The quantitative estimate of drug-likeness (QED) is 0.906. The zero-order valence-electron chi connectivity index (χ0n) is 12.9. The van der Waals surface area contributed by atoms with E-state index in [2.05, 4.69) is 10.4 Å². The van der Waals surface area contributed by atoms with E-state index in [0.29, 0.717) is 11.4 Å². The summed E-state index contributed by atoms with van der Waals surface area (Å²) < 4.78 is 14.9. The summed E-state index contributed by atoms with van der Waals surface area (Å²) in [5.41, 5.74) is 1.11. The van der Waals surface area contributed by atoms with E-state index in [0.717, 1.165) is 12.0 Å². The minimum absolute atomic E-state index is 0.0590. The van der Waals surface area contributed by atoms with Gasteiger partial charge in [-0.1, -0.05) is 19.1 Å². The van der Waals surface area contributed by atoms with Gasteiger partial charge in [0.1, 0.15) is 11.6 Å². The number of fused-ring (bicyclic) bond motifs is 1. The number of nitrogens with zero attached hydrogens (tertiary/aromatic N) is 1. The number of nitrogens with one attached hydrogen (secondary N) is 2. The van der Waals surface area contributed by atoms with Crippen LogP contribution in [0.5, 0.6) is 0 Å². The molecule has 3 rings (SSSR count). The summed E-state index contributed by atoms with van der Waals surface area (Å²) in [6, 6.07) is 6.12. The van der Waals surface area contributed by atoms with Crippen molar-refractivity contribution in [2.45, 2.75) is 31.6 Å². The van der Waals surface area contributed by atoms with Gasteiger partial charge in [-0.25, -0.2) is 4.39 Å². The molecule has 1 aromatic heterocycles. The highest BCUT2D eigenvalue weighted by atomic mass is 32.2. The molecule has 1 amide bonds. The fourth-order valence-corrected chi connectivity index (χ4v) is 3.78. The van der Waals surface area contributed by atoms with Crippen molar-refractivity contribution in [2.75, 3.05) is 11.1 Å². The highest BCUT2D eigenvalue weighted by Gasteiger charge is 2.31. The first-order valence-electron chi connectivity index (χ1n) is 7.52. The predicted molar refractivity (Wildman–Crippen MR) is 89.4 cm³/mol. The topological polar surface area (TPSA) is 66.9 Å². The Labute approximate surface area is 137 Å². The SMILES string of the molecule is CC[C@@H](C)n1[nH]c(=O)c2c1NC(=O)CS[C@H]2c1ccc(F)cc1. The normalized spacial score (nSPS) is 18.9. The van der Waals surface area contributed by atoms with Gasteiger partial charge in [-0.15, -0.1) is 11.8 Å². The molecule has 0 spiro atoms. The minimum atomic E-state index is -0.326. The molecule has 1 aliphatic heterocycles. The summed E-state index contributed by atoms with van der Waals surface area (Å²) in [6.45, 7) is 3.99. The lowest BCUT2D eigenvalue weighted by Gasteiger charge is -2.16. The third kappa shape index (κ3) is 2.93. The molecule has 2 aromatic rings. The van der Waals surface area contributed by atoms with Crippen molar-refractivity contribution < 1.29 is 9.18 Å². The van der Waals surface area contributed by atoms with Crippen molar-refractivity contribution in [3.05, 3.63) is 51.6 Å². The lowest BCUT2D eigenvalue weighted by molar-refractivity contribution is -0.113. The van der Waals surface area contributed by atoms with Gasteiger partial charge in [-0.05, 0) is 31.0 Å². The molecule has 5 nitrogen and oxygen atoms in total. The molecule has 0 saturated carbocycles. The monoisotopic (exact) mass is 335 g/mol. The number of rotatable bonds is 3. The fourth-order valence-electron chi connectivity index (χ4n) is 2.66. The molecule has 1 aromatic carbocycles. The smallest absolute Gasteiger partial charge is 0.270 e. The van der Waals surface area contributed by atoms with Crippen LogP contribution in [-0.2, 0) is 4.79 Å². The highest BCUT2D eigenvalue weighted by Crippen LogP contribution is 2.40. The van der Waals surface area contributed by atoms with E-state index >= 15 is 0 Å². The molecule has 7 heteroatoms. The summed E-state index contributed by atoms with van der Waals surface area (Å²) >= 11 is 1.37. The van der Waals surface area contributed by atoms with Gasteiger partial charge in [0.15, 0.2) is 0 Å². The summed E-state index contributed by atoms with van der Waals surface area (Å²) in [5.74, 6) is 0.301. The summed E-state index contributed by atoms with van der Waals surface area (Å²) in [4.78, 5) is 24.5. The van der Waals surface area contributed by atoms with Crippen LogP contribution in [0.1, 0.15) is 42.7 Å². The Hall–Kier alpha value is -2.02. The first-order valence-corrected chi connectivity index (χ1v) is 8.57. The first-order chi connectivity index (χ1) is 11.0. The highest BCUT2D eigenvalue weighted by molar-refractivity contribution is 8.00. The molecule has 0 saturated heterocycles. The van der Waals surface area contributed by atoms with Crippen LogP contribution in [0, 0.1) is 5.82 Å². The van der Waals surface area contributed by atoms with Gasteiger partial charge in [0, 0.05) is 6.04 Å². The van der Waals surface area contributed by atoms with Crippen LogP contribution in [0.25, 0.3) is 0 Å². The molecular weight excluding hydrogens is 317 g/mol. The average molecular weight is 335 g/mol. The maximum absolute atomic E-state index is 13.2. The van der Waals surface area contributed by atoms with Crippen molar-refractivity contribution >= 4 is 23.5 Å². The van der Waals surface area contributed by atoms with Gasteiger partial charge in [0.25, 0.3) is 5.56 Å². The molecule has 0 aliphatic carbocycles. The van der Waals surface area contributed by atoms with Crippen LogP contribution >= 0.6 is 11.8 Å². The van der Waals surface area contributed by atoms with E-state index in [-0.39, 0.29) is 34.3 Å². The summed E-state index contributed by atoms with van der Waals surface area (Å²) in [6.07, 6.45) is 0.821. The number of amides is 1. The fraction of sp³-hybridized carbons (Fsp3) is 0.375. The van der Waals surface area contributed by atoms with Gasteiger partial charge < -0.3 is 5.32 Å². The lowest BCUT2D eigenvalue weighted by Crippen LogP contribution is -2.18. The second kappa shape index (κ2) is 6.23. The molecule has 122 valence electrons. The summed E-state index contributed by atoms with van der Waals surface area (Å²) in [7, 11) is 0. The maximum atomic E-state index is 13.2. The van der Waals surface area contributed by atoms with Gasteiger partial charge in [-0.3, -0.25) is 19.4 Å². The zero-order chi connectivity index (χ0) is 16.6. The molecule has 0 unspecified atom stereocenters. The Bertz CT molecular complexity index is 782. The van der Waals surface area contributed by atoms with E-state index in [1.807, 2.05) is 13.8 Å². The molecule has 1 aliphatic rings. The molecule has 2 heterocycles. The van der Waals surface area contributed by atoms with E-state index in [1.54, 1.807) is 16.8 Å². The zero-order valence-corrected chi connectivity index (χ0v) is 13.7. The number of aromatic amines is 1. The molecule has 0 fully saturated rings. The van der Waals surface area contributed by atoms with Gasteiger partial charge in [0.2, 0.25) is 5.91 Å². The number of halogens is 1. The number of benzene rings is 1. The Balaban J connectivity index is 2.15. The van der Waals surface area contributed by atoms with Gasteiger partial charge >= 0.3 is 0 Å². The second-order valence-corrected chi connectivity index (χ2v) is 6.71. The van der Waals surface area contributed by atoms with Gasteiger partial charge in [0.05, 0.1) is 16.6 Å². The first kappa shape index (κ1) is 15.9. The van der Waals surface area contributed by atoms with Crippen molar-refractivity contribution in [1.82, 2.24) is 9.78 Å². The van der Waals surface area contributed by atoms with Crippen molar-refractivity contribution in [3.8, 4) is 0 Å². The lowest BCUT2D eigenvalue weighted by atomic mass is 10.1. The van der Waals surface area contributed by atoms with Gasteiger partial charge in [-0.2, -0.15) is 0 Å².